The lowest BCUT2D eigenvalue weighted by Gasteiger charge is -2.32. The minimum absolute atomic E-state index is 0.00435. The van der Waals surface area contributed by atoms with E-state index in [1.165, 1.54) is 11.3 Å². The summed E-state index contributed by atoms with van der Waals surface area (Å²) in [6, 6.07) is 5.02. The van der Waals surface area contributed by atoms with Gasteiger partial charge in [-0.2, -0.15) is 0 Å². The van der Waals surface area contributed by atoms with Crippen LogP contribution in [0.25, 0.3) is 0 Å². The van der Waals surface area contributed by atoms with Crippen LogP contribution in [0, 0.1) is 5.92 Å². The molecule has 0 bridgehead atoms. The smallest absolute Gasteiger partial charge is 0.261 e. The number of piperidine rings is 1. The molecule has 2 heterocycles. The van der Waals surface area contributed by atoms with Gasteiger partial charge < -0.3 is 10.2 Å². The highest BCUT2D eigenvalue weighted by Gasteiger charge is 2.40. The zero-order chi connectivity index (χ0) is 19.7. The lowest BCUT2D eigenvalue weighted by atomic mass is 9.94. The average molecular weight is 383 g/mol. The van der Waals surface area contributed by atoms with Gasteiger partial charge in [-0.3, -0.25) is 19.3 Å². The predicted octanol–water partition coefficient (Wildman–Crippen LogP) is 2.69. The van der Waals surface area contributed by atoms with E-state index in [0.29, 0.717) is 22.6 Å². The monoisotopic (exact) mass is 383 g/mol. The van der Waals surface area contributed by atoms with Crippen molar-refractivity contribution in [1.29, 1.82) is 0 Å². The van der Waals surface area contributed by atoms with Gasteiger partial charge in [0.25, 0.3) is 17.7 Å². The first-order chi connectivity index (χ1) is 13.6. The summed E-state index contributed by atoms with van der Waals surface area (Å²) in [6.45, 7) is 2.38. The number of hydrogen-bond donors (Lipinski definition) is 1. The summed E-state index contributed by atoms with van der Waals surface area (Å²) in [7, 11) is 1.93. The van der Waals surface area contributed by atoms with Gasteiger partial charge in [-0.25, -0.2) is 0 Å². The highest BCUT2D eigenvalue weighted by molar-refractivity contribution is 6.22. The predicted molar refractivity (Wildman–Crippen MR) is 106 cm³/mol. The highest BCUT2D eigenvalue weighted by Crippen LogP contribution is 2.32. The van der Waals surface area contributed by atoms with Crippen LogP contribution in [0.1, 0.15) is 76.0 Å². The molecular weight excluding hydrogens is 354 g/mol. The molecule has 1 saturated heterocycles. The molecule has 150 valence electrons. The van der Waals surface area contributed by atoms with E-state index in [9.17, 15) is 14.4 Å². The Morgan fingerprint density at radius 2 is 1.79 bits per heavy atom. The van der Waals surface area contributed by atoms with Gasteiger partial charge in [0.2, 0.25) is 0 Å². The second-order valence-corrected chi connectivity index (χ2v) is 8.35. The standard InChI is InChI=1S/C22H29N3O3/c1-23-13-15-6-5-11-24(14-15)20(26)16-9-10-18-19(12-16)22(28)25(21(18)27)17-7-3-2-4-8-17/h9-10,12,15,17,23H,2-8,11,13-14H2,1H3. The van der Waals surface area contributed by atoms with Crippen molar-refractivity contribution in [3.8, 4) is 0 Å². The summed E-state index contributed by atoms with van der Waals surface area (Å²) >= 11 is 0. The first-order valence-corrected chi connectivity index (χ1v) is 10.6. The molecule has 4 rings (SSSR count). The minimum Gasteiger partial charge on any atom is -0.338 e. The summed E-state index contributed by atoms with van der Waals surface area (Å²) in [4.78, 5) is 42.1. The summed E-state index contributed by atoms with van der Waals surface area (Å²) in [5.74, 6) is -0.00620. The van der Waals surface area contributed by atoms with Crippen molar-refractivity contribution in [3.63, 3.8) is 0 Å². The van der Waals surface area contributed by atoms with Crippen molar-refractivity contribution in [2.24, 2.45) is 5.92 Å². The van der Waals surface area contributed by atoms with E-state index in [1.807, 2.05) is 11.9 Å². The van der Waals surface area contributed by atoms with E-state index in [4.69, 9.17) is 0 Å². The van der Waals surface area contributed by atoms with Crippen LogP contribution in [0.5, 0.6) is 0 Å². The largest absolute Gasteiger partial charge is 0.338 e. The van der Waals surface area contributed by atoms with Crippen molar-refractivity contribution in [2.75, 3.05) is 26.7 Å². The SMILES string of the molecule is CNCC1CCCN(C(=O)c2ccc3c(c2)C(=O)N(C2CCCCC2)C3=O)C1. The van der Waals surface area contributed by atoms with Crippen molar-refractivity contribution in [1.82, 2.24) is 15.1 Å². The topological polar surface area (TPSA) is 69.7 Å². The number of carbonyl (C=O) groups excluding carboxylic acids is 3. The first-order valence-electron chi connectivity index (χ1n) is 10.6. The molecule has 28 heavy (non-hydrogen) atoms. The molecule has 0 radical (unpaired) electrons. The number of imide groups is 1. The highest BCUT2D eigenvalue weighted by atomic mass is 16.2. The summed E-state index contributed by atoms with van der Waals surface area (Å²) in [6.07, 6.45) is 7.18. The Hall–Kier alpha value is -2.21. The number of nitrogens with one attached hydrogen (secondary N) is 1. The van der Waals surface area contributed by atoms with Crippen LogP contribution in [-0.4, -0.2) is 60.2 Å². The van der Waals surface area contributed by atoms with Crippen LogP contribution in [0.3, 0.4) is 0 Å². The van der Waals surface area contributed by atoms with Gasteiger partial charge in [0.05, 0.1) is 11.1 Å². The van der Waals surface area contributed by atoms with Gasteiger partial charge in [0.15, 0.2) is 0 Å². The third-order valence-electron chi connectivity index (χ3n) is 6.40. The molecule has 6 heteroatoms. The fourth-order valence-electron chi connectivity index (χ4n) is 4.95. The lowest BCUT2D eigenvalue weighted by Crippen LogP contribution is -2.42. The Morgan fingerprint density at radius 1 is 1.04 bits per heavy atom. The maximum atomic E-state index is 13.0. The fourth-order valence-corrected chi connectivity index (χ4v) is 4.95. The van der Waals surface area contributed by atoms with Crippen molar-refractivity contribution in [3.05, 3.63) is 34.9 Å². The van der Waals surface area contributed by atoms with Gasteiger partial charge >= 0.3 is 0 Å². The molecule has 3 amide bonds. The molecule has 0 aromatic heterocycles. The van der Waals surface area contributed by atoms with E-state index in [0.717, 1.165) is 58.2 Å². The van der Waals surface area contributed by atoms with Crippen LogP contribution in [0.2, 0.25) is 0 Å². The second kappa shape index (κ2) is 8.03. The van der Waals surface area contributed by atoms with Crippen molar-refractivity contribution < 1.29 is 14.4 Å². The van der Waals surface area contributed by atoms with Crippen molar-refractivity contribution >= 4 is 17.7 Å². The van der Waals surface area contributed by atoms with Crippen molar-refractivity contribution in [2.45, 2.75) is 51.0 Å². The van der Waals surface area contributed by atoms with Crippen LogP contribution < -0.4 is 5.32 Å². The van der Waals surface area contributed by atoms with Crippen LogP contribution in [0.15, 0.2) is 18.2 Å². The molecule has 0 spiro atoms. The molecule has 1 aromatic carbocycles. The zero-order valence-corrected chi connectivity index (χ0v) is 16.6. The van der Waals surface area contributed by atoms with E-state index in [1.54, 1.807) is 18.2 Å². The van der Waals surface area contributed by atoms with E-state index >= 15 is 0 Å². The molecule has 1 atom stereocenters. The Kier molecular flexibility index (Phi) is 5.49. The average Bonchev–Trinajstić information content (AvgIpc) is 2.98. The third kappa shape index (κ3) is 3.46. The first kappa shape index (κ1) is 19.1. The molecule has 1 saturated carbocycles. The minimum atomic E-state index is -0.228. The quantitative estimate of drug-likeness (QED) is 0.812. The Labute approximate surface area is 166 Å². The lowest BCUT2D eigenvalue weighted by molar-refractivity contribution is 0.0548. The molecular formula is C22H29N3O3. The van der Waals surface area contributed by atoms with Crippen LogP contribution >= 0.6 is 0 Å². The number of fused-ring (bicyclic) bond motifs is 1. The number of amides is 3. The van der Waals surface area contributed by atoms with E-state index < -0.39 is 0 Å². The third-order valence-corrected chi connectivity index (χ3v) is 6.40. The molecule has 2 aliphatic heterocycles. The number of hydrogen-bond acceptors (Lipinski definition) is 4. The van der Waals surface area contributed by atoms with Gasteiger partial charge in [0.1, 0.15) is 0 Å². The molecule has 1 unspecified atom stereocenters. The summed E-state index contributed by atoms with van der Waals surface area (Å²) < 4.78 is 0. The summed E-state index contributed by atoms with van der Waals surface area (Å²) in [5.41, 5.74) is 1.35. The molecule has 1 aromatic rings. The number of carbonyl (C=O) groups is 3. The second-order valence-electron chi connectivity index (χ2n) is 8.35. The molecule has 1 N–H and O–H groups in total. The van der Waals surface area contributed by atoms with Gasteiger partial charge in [-0.05, 0) is 63.4 Å². The van der Waals surface area contributed by atoms with Gasteiger partial charge in [-0.1, -0.05) is 19.3 Å². The zero-order valence-electron chi connectivity index (χ0n) is 16.6. The fraction of sp³-hybridized carbons (Fsp3) is 0.591. The Bertz CT molecular complexity index is 783. The molecule has 2 fully saturated rings. The number of rotatable bonds is 4. The molecule has 6 nitrogen and oxygen atoms in total. The Balaban J connectivity index is 1.53. The number of likely N-dealkylation sites (tertiary alicyclic amines) is 1. The van der Waals surface area contributed by atoms with E-state index in [2.05, 4.69) is 5.32 Å². The number of nitrogens with zero attached hydrogens (tertiary/aromatic N) is 2. The van der Waals surface area contributed by atoms with Crippen LogP contribution in [-0.2, 0) is 0 Å². The number of benzene rings is 1. The molecule has 3 aliphatic rings. The van der Waals surface area contributed by atoms with Crippen LogP contribution in [0.4, 0.5) is 0 Å². The van der Waals surface area contributed by atoms with Gasteiger partial charge in [-0.15, -0.1) is 0 Å². The Morgan fingerprint density at radius 3 is 2.54 bits per heavy atom. The summed E-state index contributed by atoms with van der Waals surface area (Å²) in [5, 5.41) is 3.19. The van der Waals surface area contributed by atoms with E-state index in [-0.39, 0.29) is 23.8 Å². The maximum Gasteiger partial charge on any atom is 0.261 e. The molecule has 1 aliphatic carbocycles. The van der Waals surface area contributed by atoms with Gasteiger partial charge in [0, 0.05) is 24.7 Å². The maximum absolute atomic E-state index is 13.0. The normalized spacial score (nSPS) is 23.2.